The summed E-state index contributed by atoms with van der Waals surface area (Å²) in [6.07, 6.45) is 6.57. The SMILES string of the molecule is O=C(NCc1ccc(S(=O)(=O)N2CCCC2CO)cc1)c1ccc2nccn2c1. The number of nitrogens with one attached hydrogen (secondary N) is 1. The van der Waals surface area contributed by atoms with Crippen LogP contribution in [0.25, 0.3) is 5.65 Å². The van der Waals surface area contributed by atoms with E-state index in [2.05, 4.69) is 10.3 Å². The van der Waals surface area contributed by atoms with E-state index in [9.17, 15) is 18.3 Å². The molecule has 1 saturated heterocycles. The van der Waals surface area contributed by atoms with Gasteiger partial charge in [-0.25, -0.2) is 13.4 Å². The number of carbonyl (C=O) groups excluding carboxylic acids is 1. The van der Waals surface area contributed by atoms with Crippen molar-refractivity contribution in [2.75, 3.05) is 13.2 Å². The third-order valence-electron chi connectivity index (χ3n) is 5.17. The number of hydrogen-bond donors (Lipinski definition) is 2. The first-order valence-electron chi connectivity index (χ1n) is 9.41. The summed E-state index contributed by atoms with van der Waals surface area (Å²) in [7, 11) is -3.63. The van der Waals surface area contributed by atoms with Crippen molar-refractivity contribution in [1.82, 2.24) is 19.0 Å². The Balaban J connectivity index is 1.42. The maximum Gasteiger partial charge on any atom is 0.253 e. The van der Waals surface area contributed by atoms with Gasteiger partial charge in [0.2, 0.25) is 10.0 Å². The molecule has 9 heteroatoms. The Morgan fingerprint density at radius 2 is 2.00 bits per heavy atom. The minimum absolute atomic E-state index is 0.172. The van der Waals surface area contributed by atoms with Crippen molar-refractivity contribution in [3.63, 3.8) is 0 Å². The predicted octanol–water partition coefficient (Wildman–Crippen LogP) is 1.41. The molecule has 4 rings (SSSR count). The van der Waals surface area contributed by atoms with Crippen molar-refractivity contribution in [2.24, 2.45) is 0 Å². The lowest BCUT2D eigenvalue weighted by Crippen LogP contribution is -2.37. The van der Waals surface area contributed by atoms with Crippen molar-refractivity contribution in [1.29, 1.82) is 0 Å². The summed E-state index contributed by atoms with van der Waals surface area (Å²) < 4.78 is 28.7. The van der Waals surface area contributed by atoms with Crippen LogP contribution in [-0.2, 0) is 16.6 Å². The van der Waals surface area contributed by atoms with Gasteiger partial charge in [0, 0.05) is 37.7 Å². The van der Waals surface area contributed by atoms with Gasteiger partial charge in [-0.05, 0) is 42.7 Å². The van der Waals surface area contributed by atoms with Crippen LogP contribution >= 0.6 is 0 Å². The van der Waals surface area contributed by atoms with Gasteiger partial charge in [0.05, 0.1) is 17.1 Å². The number of aromatic nitrogens is 2. The minimum atomic E-state index is -3.63. The first-order chi connectivity index (χ1) is 14.0. The van der Waals surface area contributed by atoms with Gasteiger partial charge >= 0.3 is 0 Å². The summed E-state index contributed by atoms with van der Waals surface area (Å²) in [4.78, 5) is 16.7. The zero-order chi connectivity index (χ0) is 20.4. The molecular weight excluding hydrogens is 392 g/mol. The van der Waals surface area contributed by atoms with Crippen LogP contribution in [0.15, 0.2) is 59.9 Å². The second-order valence-corrected chi connectivity index (χ2v) is 8.92. The van der Waals surface area contributed by atoms with Crippen LogP contribution in [0, 0.1) is 0 Å². The molecule has 3 aromatic rings. The van der Waals surface area contributed by atoms with E-state index in [1.807, 2.05) is 0 Å². The van der Waals surface area contributed by atoms with Crippen LogP contribution in [0.4, 0.5) is 0 Å². The third-order valence-corrected chi connectivity index (χ3v) is 7.13. The highest BCUT2D eigenvalue weighted by Crippen LogP contribution is 2.26. The fourth-order valence-corrected chi connectivity index (χ4v) is 5.25. The van der Waals surface area contributed by atoms with Crippen molar-refractivity contribution < 1.29 is 18.3 Å². The molecule has 1 amide bonds. The summed E-state index contributed by atoms with van der Waals surface area (Å²) >= 11 is 0. The van der Waals surface area contributed by atoms with E-state index in [4.69, 9.17) is 0 Å². The average Bonchev–Trinajstić information content (AvgIpc) is 3.41. The highest BCUT2D eigenvalue weighted by atomic mass is 32.2. The fourth-order valence-electron chi connectivity index (χ4n) is 3.56. The second-order valence-electron chi connectivity index (χ2n) is 7.03. The number of pyridine rings is 1. The monoisotopic (exact) mass is 414 g/mol. The fraction of sp³-hybridized carbons (Fsp3) is 0.300. The average molecular weight is 414 g/mol. The lowest BCUT2D eigenvalue weighted by Gasteiger charge is -2.22. The Morgan fingerprint density at radius 1 is 1.21 bits per heavy atom. The molecule has 2 aromatic heterocycles. The zero-order valence-corrected chi connectivity index (χ0v) is 16.5. The quantitative estimate of drug-likeness (QED) is 0.635. The number of aliphatic hydroxyl groups excluding tert-OH is 1. The van der Waals surface area contributed by atoms with E-state index in [1.165, 1.54) is 4.31 Å². The molecule has 1 aromatic carbocycles. The number of sulfonamides is 1. The number of nitrogens with zero attached hydrogens (tertiary/aromatic N) is 3. The molecule has 1 aliphatic heterocycles. The molecule has 1 atom stereocenters. The molecule has 152 valence electrons. The highest BCUT2D eigenvalue weighted by Gasteiger charge is 2.34. The van der Waals surface area contributed by atoms with Crippen LogP contribution in [0.2, 0.25) is 0 Å². The molecule has 0 bridgehead atoms. The number of aliphatic hydroxyl groups is 1. The van der Waals surface area contributed by atoms with Crippen LogP contribution < -0.4 is 5.32 Å². The first-order valence-corrected chi connectivity index (χ1v) is 10.9. The number of benzene rings is 1. The standard InChI is InChI=1S/C20H22N4O4S/c25-14-17-2-1-10-24(17)29(27,28)18-6-3-15(4-7-18)12-22-20(26)16-5-8-19-21-9-11-23(19)13-16/h3-9,11,13,17,25H,1-2,10,12,14H2,(H,22,26). The Kier molecular flexibility index (Phi) is 5.35. The Bertz CT molecular complexity index is 1120. The summed E-state index contributed by atoms with van der Waals surface area (Å²) in [5, 5.41) is 12.2. The summed E-state index contributed by atoms with van der Waals surface area (Å²) in [6, 6.07) is 9.59. The highest BCUT2D eigenvalue weighted by molar-refractivity contribution is 7.89. The molecule has 8 nitrogen and oxygen atoms in total. The number of hydrogen-bond acceptors (Lipinski definition) is 5. The van der Waals surface area contributed by atoms with Crippen molar-refractivity contribution in [2.45, 2.75) is 30.3 Å². The van der Waals surface area contributed by atoms with Crippen LogP contribution in [0.3, 0.4) is 0 Å². The molecule has 1 fully saturated rings. The zero-order valence-electron chi connectivity index (χ0n) is 15.7. The molecule has 29 heavy (non-hydrogen) atoms. The van der Waals surface area contributed by atoms with Crippen LogP contribution in [0.1, 0.15) is 28.8 Å². The van der Waals surface area contributed by atoms with E-state index in [0.717, 1.165) is 17.6 Å². The van der Waals surface area contributed by atoms with Gasteiger partial charge < -0.3 is 14.8 Å². The van der Waals surface area contributed by atoms with Crippen molar-refractivity contribution in [3.05, 3.63) is 66.1 Å². The molecule has 0 saturated carbocycles. The second kappa shape index (κ2) is 7.94. The van der Waals surface area contributed by atoms with E-state index in [1.54, 1.807) is 59.4 Å². The number of amides is 1. The number of fused-ring (bicyclic) bond motifs is 1. The number of imidazole rings is 1. The molecule has 0 radical (unpaired) electrons. The summed E-state index contributed by atoms with van der Waals surface area (Å²) in [5.74, 6) is -0.222. The van der Waals surface area contributed by atoms with Gasteiger partial charge in [0.25, 0.3) is 5.91 Å². The van der Waals surface area contributed by atoms with Gasteiger partial charge in [0.15, 0.2) is 0 Å². The van der Waals surface area contributed by atoms with Gasteiger partial charge in [0.1, 0.15) is 5.65 Å². The topological polar surface area (TPSA) is 104 Å². The van der Waals surface area contributed by atoms with Gasteiger partial charge in [-0.2, -0.15) is 4.31 Å². The van der Waals surface area contributed by atoms with E-state index in [-0.39, 0.29) is 30.0 Å². The lowest BCUT2D eigenvalue weighted by molar-refractivity contribution is 0.0950. The molecule has 0 spiro atoms. The third kappa shape index (κ3) is 3.89. The molecule has 0 aliphatic carbocycles. The van der Waals surface area contributed by atoms with Gasteiger partial charge in [-0.15, -0.1) is 0 Å². The maximum absolute atomic E-state index is 12.8. The Morgan fingerprint density at radius 3 is 2.76 bits per heavy atom. The number of rotatable bonds is 6. The first kappa shape index (κ1) is 19.6. The number of carbonyl (C=O) groups is 1. The van der Waals surface area contributed by atoms with E-state index >= 15 is 0 Å². The van der Waals surface area contributed by atoms with Gasteiger partial charge in [-0.3, -0.25) is 4.79 Å². The summed E-state index contributed by atoms with van der Waals surface area (Å²) in [5.41, 5.74) is 2.07. The lowest BCUT2D eigenvalue weighted by atomic mass is 10.2. The molecular formula is C20H22N4O4S. The smallest absolute Gasteiger partial charge is 0.253 e. The molecule has 2 N–H and O–H groups in total. The predicted molar refractivity (Wildman–Crippen MR) is 107 cm³/mol. The minimum Gasteiger partial charge on any atom is -0.395 e. The van der Waals surface area contributed by atoms with Crippen molar-refractivity contribution in [3.8, 4) is 0 Å². The van der Waals surface area contributed by atoms with E-state index < -0.39 is 10.0 Å². The van der Waals surface area contributed by atoms with E-state index in [0.29, 0.717) is 18.5 Å². The largest absolute Gasteiger partial charge is 0.395 e. The Hall–Kier alpha value is -2.75. The van der Waals surface area contributed by atoms with Gasteiger partial charge in [-0.1, -0.05) is 12.1 Å². The van der Waals surface area contributed by atoms with Crippen LogP contribution in [0.5, 0.6) is 0 Å². The van der Waals surface area contributed by atoms with Crippen molar-refractivity contribution >= 4 is 21.6 Å². The molecule has 1 aliphatic rings. The summed E-state index contributed by atoms with van der Waals surface area (Å²) in [6.45, 7) is 0.533. The molecule has 1 unspecified atom stereocenters. The Labute approximate surface area is 168 Å². The molecule has 3 heterocycles. The normalized spacial score (nSPS) is 17.6. The van der Waals surface area contributed by atoms with Crippen LogP contribution in [-0.4, -0.2) is 52.3 Å². The maximum atomic E-state index is 12.8.